The van der Waals surface area contributed by atoms with Crippen LogP contribution in [0.4, 0.5) is 0 Å². The third-order valence-electron chi connectivity index (χ3n) is 5.48. The maximum atomic E-state index is 5.22. The van der Waals surface area contributed by atoms with Gasteiger partial charge in [0, 0.05) is 0 Å². The van der Waals surface area contributed by atoms with E-state index in [-0.39, 0.29) is 10.3 Å². The van der Waals surface area contributed by atoms with Gasteiger partial charge in [-0.05, 0) is 37.3 Å². The molecule has 0 radical (unpaired) electrons. The van der Waals surface area contributed by atoms with Gasteiger partial charge in [0.05, 0.1) is 13.2 Å². The summed E-state index contributed by atoms with van der Waals surface area (Å²) in [5.74, 6) is 0. The van der Waals surface area contributed by atoms with Gasteiger partial charge in [-0.3, -0.25) is 0 Å². The fourth-order valence-electron chi connectivity index (χ4n) is 3.52. The average molecular weight is 491 g/mol. The number of hydrogen-bond donors (Lipinski definition) is 2. The van der Waals surface area contributed by atoms with Crippen molar-refractivity contribution in [2.75, 3.05) is 13.2 Å². The van der Waals surface area contributed by atoms with E-state index in [4.69, 9.17) is 20.9 Å². The van der Waals surface area contributed by atoms with Gasteiger partial charge in [-0.1, -0.05) is 129 Å². The standard InChI is InChI=1S/2C13H27NOS/c2*1-2-3-4-5-6-7-8-9-10-11-12-15-13(14)16/h2*2-12H2,1H3,(H2,14,16). The molecule has 0 heterocycles. The van der Waals surface area contributed by atoms with Gasteiger partial charge >= 0.3 is 0 Å². The fourth-order valence-corrected chi connectivity index (χ4v) is 3.69. The zero-order valence-electron chi connectivity index (χ0n) is 21.3. The second-order valence-electron chi connectivity index (χ2n) is 8.70. The monoisotopic (exact) mass is 490 g/mol. The van der Waals surface area contributed by atoms with Gasteiger partial charge in [0.2, 0.25) is 0 Å². The number of rotatable bonds is 22. The van der Waals surface area contributed by atoms with E-state index in [1.54, 1.807) is 0 Å². The maximum Gasteiger partial charge on any atom is 0.253 e. The summed E-state index contributed by atoms with van der Waals surface area (Å²) in [7, 11) is 0. The highest BCUT2D eigenvalue weighted by atomic mass is 32.1. The van der Waals surface area contributed by atoms with Gasteiger partial charge < -0.3 is 20.9 Å². The first-order chi connectivity index (χ1) is 15.5. The molecule has 0 aliphatic rings. The first-order valence-electron chi connectivity index (χ1n) is 13.4. The summed E-state index contributed by atoms with van der Waals surface area (Å²) in [6.07, 6.45) is 26.7. The van der Waals surface area contributed by atoms with Crippen LogP contribution in [-0.2, 0) is 9.47 Å². The summed E-state index contributed by atoms with van der Waals surface area (Å²) in [5.41, 5.74) is 10.4. The van der Waals surface area contributed by atoms with Crippen LogP contribution in [0.3, 0.4) is 0 Å². The molecule has 0 aromatic rings. The van der Waals surface area contributed by atoms with Crippen molar-refractivity contribution in [3.05, 3.63) is 0 Å². The summed E-state index contributed by atoms with van der Waals surface area (Å²) in [6, 6.07) is 0. The first-order valence-corrected chi connectivity index (χ1v) is 14.2. The molecular weight excluding hydrogens is 436 g/mol. The molecule has 0 amide bonds. The Morgan fingerprint density at radius 1 is 0.438 bits per heavy atom. The molecule has 0 saturated heterocycles. The Bertz CT molecular complexity index is 360. The van der Waals surface area contributed by atoms with Crippen LogP contribution in [0.2, 0.25) is 0 Å². The van der Waals surface area contributed by atoms with Crippen LogP contribution in [0.25, 0.3) is 0 Å². The summed E-state index contributed by atoms with van der Waals surface area (Å²) >= 11 is 9.24. The lowest BCUT2D eigenvalue weighted by Crippen LogP contribution is -2.13. The molecule has 0 aliphatic carbocycles. The van der Waals surface area contributed by atoms with E-state index in [0.29, 0.717) is 13.2 Å². The predicted octanol–water partition coefficient (Wildman–Crippen LogP) is 8.34. The fraction of sp³-hybridized carbons (Fsp3) is 0.923. The summed E-state index contributed by atoms with van der Waals surface area (Å²) < 4.78 is 10.0. The Balaban J connectivity index is 0. The third-order valence-corrected chi connectivity index (χ3v) is 5.72. The molecule has 0 atom stereocenters. The minimum atomic E-state index is 0.177. The molecule has 0 aromatic carbocycles. The predicted molar refractivity (Wildman–Crippen MR) is 149 cm³/mol. The largest absolute Gasteiger partial charge is 0.471 e. The van der Waals surface area contributed by atoms with Crippen molar-refractivity contribution in [1.29, 1.82) is 0 Å². The van der Waals surface area contributed by atoms with Crippen molar-refractivity contribution in [3.8, 4) is 0 Å². The lowest BCUT2D eigenvalue weighted by molar-refractivity contribution is 0.295. The van der Waals surface area contributed by atoms with Crippen LogP contribution in [0.1, 0.15) is 142 Å². The number of hydrogen-bond acceptors (Lipinski definition) is 4. The number of nitrogens with two attached hydrogens (primary N) is 2. The average Bonchev–Trinajstić information content (AvgIpc) is 2.76. The molecule has 0 aromatic heterocycles. The van der Waals surface area contributed by atoms with Crippen LogP contribution in [0.15, 0.2) is 0 Å². The number of unbranched alkanes of at least 4 members (excludes halogenated alkanes) is 18. The minimum absolute atomic E-state index is 0.177. The number of ether oxygens (including phenoxy) is 2. The van der Waals surface area contributed by atoms with Crippen molar-refractivity contribution in [2.45, 2.75) is 142 Å². The van der Waals surface area contributed by atoms with E-state index < -0.39 is 0 Å². The lowest BCUT2D eigenvalue weighted by atomic mass is 10.1. The normalized spacial score (nSPS) is 10.3. The summed E-state index contributed by atoms with van der Waals surface area (Å²) in [4.78, 5) is 0. The first kappa shape index (κ1) is 33.6. The van der Waals surface area contributed by atoms with Crippen LogP contribution in [0.5, 0.6) is 0 Å². The Hall–Kier alpha value is -0.620. The molecule has 32 heavy (non-hydrogen) atoms. The van der Waals surface area contributed by atoms with E-state index >= 15 is 0 Å². The van der Waals surface area contributed by atoms with Crippen molar-refractivity contribution < 1.29 is 9.47 Å². The second-order valence-corrected chi connectivity index (χ2v) is 9.50. The van der Waals surface area contributed by atoms with Gasteiger partial charge in [0.25, 0.3) is 10.3 Å². The van der Waals surface area contributed by atoms with Crippen molar-refractivity contribution >= 4 is 34.8 Å². The van der Waals surface area contributed by atoms with E-state index in [2.05, 4.69) is 38.3 Å². The zero-order chi connectivity index (χ0) is 24.1. The van der Waals surface area contributed by atoms with E-state index in [9.17, 15) is 0 Å². The van der Waals surface area contributed by atoms with Crippen LogP contribution < -0.4 is 11.5 Å². The Labute approximate surface area is 210 Å². The van der Waals surface area contributed by atoms with Crippen molar-refractivity contribution in [3.63, 3.8) is 0 Å². The van der Waals surface area contributed by atoms with Crippen molar-refractivity contribution in [2.24, 2.45) is 11.5 Å². The molecule has 192 valence electrons. The molecule has 0 aliphatic heterocycles. The summed E-state index contributed by atoms with van der Waals surface area (Å²) in [6.45, 7) is 5.89. The molecular formula is C26H54N2O2S2. The zero-order valence-corrected chi connectivity index (χ0v) is 23.0. The van der Waals surface area contributed by atoms with Gasteiger partial charge in [-0.15, -0.1) is 0 Å². The molecule has 0 bridgehead atoms. The Kier molecular flexibility index (Phi) is 31.9. The van der Waals surface area contributed by atoms with Gasteiger partial charge in [-0.25, -0.2) is 0 Å². The molecule has 0 fully saturated rings. The van der Waals surface area contributed by atoms with Gasteiger partial charge in [-0.2, -0.15) is 0 Å². The molecule has 0 spiro atoms. The topological polar surface area (TPSA) is 70.5 Å². The van der Waals surface area contributed by atoms with Gasteiger partial charge in [0.1, 0.15) is 0 Å². The van der Waals surface area contributed by atoms with E-state index in [1.165, 1.54) is 116 Å². The minimum Gasteiger partial charge on any atom is -0.471 e. The molecule has 0 saturated carbocycles. The smallest absolute Gasteiger partial charge is 0.253 e. The highest BCUT2D eigenvalue weighted by Crippen LogP contribution is 2.11. The SMILES string of the molecule is CCCCCCCCCCCCOC(N)=S.CCCCCCCCCCCCOC(N)=S. The second kappa shape index (κ2) is 30.4. The Morgan fingerprint density at radius 2 is 0.656 bits per heavy atom. The van der Waals surface area contributed by atoms with Crippen LogP contribution in [0, 0.1) is 0 Å². The molecule has 6 heteroatoms. The van der Waals surface area contributed by atoms with Crippen LogP contribution in [-0.4, -0.2) is 23.6 Å². The van der Waals surface area contributed by atoms with Gasteiger partial charge in [0.15, 0.2) is 0 Å². The Morgan fingerprint density at radius 3 is 0.875 bits per heavy atom. The van der Waals surface area contributed by atoms with E-state index in [1.807, 2.05) is 0 Å². The molecule has 0 unspecified atom stereocenters. The number of thiocarbonyl (C=S) groups is 2. The van der Waals surface area contributed by atoms with Crippen LogP contribution >= 0.6 is 24.4 Å². The lowest BCUT2D eigenvalue weighted by Gasteiger charge is -2.03. The maximum absolute atomic E-state index is 5.22. The van der Waals surface area contributed by atoms with E-state index in [0.717, 1.165) is 12.8 Å². The highest BCUT2D eigenvalue weighted by molar-refractivity contribution is 7.80. The molecule has 0 rings (SSSR count). The third kappa shape index (κ3) is 36.7. The van der Waals surface area contributed by atoms with Crippen molar-refractivity contribution in [1.82, 2.24) is 0 Å². The highest BCUT2D eigenvalue weighted by Gasteiger charge is 1.94. The summed E-state index contributed by atoms with van der Waals surface area (Å²) in [5, 5.41) is 0.354. The quantitative estimate of drug-likeness (QED) is 0.117. The molecule has 4 nitrogen and oxygen atoms in total. The molecule has 4 N–H and O–H groups in total.